The summed E-state index contributed by atoms with van der Waals surface area (Å²) in [6, 6.07) is 0. The lowest BCUT2D eigenvalue weighted by Crippen LogP contribution is -2.53. The molecule has 0 aromatic heterocycles. The Morgan fingerprint density at radius 2 is 1.92 bits per heavy atom. The highest BCUT2D eigenvalue weighted by molar-refractivity contribution is 4.94. The van der Waals surface area contributed by atoms with E-state index in [-0.39, 0.29) is 0 Å². The SMILES string of the molecule is CC(C)C1CCCC2(CC1)CNC2. The smallest absolute Gasteiger partial charge is 0.00202 e. The van der Waals surface area contributed by atoms with E-state index < -0.39 is 0 Å². The van der Waals surface area contributed by atoms with Crippen LogP contribution in [-0.2, 0) is 0 Å². The molecule has 1 spiro atoms. The van der Waals surface area contributed by atoms with Gasteiger partial charge in [-0.2, -0.15) is 0 Å². The zero-order chi connectivity index (χ0) is 9.31. The van der Waals surface area contributed by atoms with E-state index in [1.54, 1.807) is 0 Å². The van der Waals surface area contributed by atoms with Crippen molar-refractivity contribution in [2.24, 2.45) is 17.3 Å². The van der Waals surface area contributed by atoms with E-state index in [1.807, 2.05) is 0 Å². The number of hydrogen-bond donors (Lipinski definition) is 1. The first-order chi connectivity index (χ1) is 6.22. The van der Waals surface area contributed by atoms with Gasteiger partial charge in [-0.1, -0.05) is 26.7 Å². The Morgan fingerprint density at radius 3 is 2.46 bits per heavy atom. The molecule has 2 aliphatic rings. The average Bonchev–Trinajstić information content (AvgIpc) is 2.24. The van der Waals surface area contributed by atoms with E-state index >= 15 is 0 Å². The molecule has 2 fully saturated rings. The second kappa shape index (κ2) is 3.61. The summed E-state index contributed by atoms with van der Waals surface area (Å²) in [4.78, 5) is 0. The number of rotatable bonds is 1. The fraction of sp³-hybridized carbons (Fsp3) is 1.00. The molecule has 1 atom stereocenters. The second-order valence-electron chi connectivity index (χ2n) is 5.54. The Morgan fingerprint density at radius 1 is 1.15 bits per heavy atom. The molecule has 1 heterocycles. The molecule has 0 radical (unpaired) electrons. The van der Waals surface area contributed by atoms with Gasteiger partial charge in [-0.3, -0.25) is 0 Å². The molecule has 1 aliphatic heterocycles. The predicted octanol–water partition coefficient (Wildman–Crippen LogP) is 2.81. The fourth-order valence-electron chi connectivity index (χ4n) is 3.00. The lowest BCUT2D eigenvalue weighted by Gasteiger charge is -2.42. The Hall–Kier alpha value is -0.0400. The van der Waals surface area contributed by atoms with Crippen LogP contribution in [0.2, 0.25) is 0 Å². The standard InChI is InChI=1S/C12H23N/c1-10(2)11-4-3-6-12(7-5-11)8-13-9-12/h10-11,13H,3-9H2,1-2H3. The Bertz CT molecular complexity index is 170. The van der Waals surface area contributed by atoms with Crippen molar-refractivity contribution in [3.8, 4) is 0 Å². The van der Waals surface area contributed by atoms with Crippen LogP contribution in [0.15, 0.2) is 0 Å². The Kier molecular flexibility index (Phi) is 2.64. The fourth-order valence-corrected chi connectivity index (χ4v) is 3.00. The van der Waals surface area contributed by atoms with Crippen molar-refractivity contribution in [3.63, 3.8) is 0 Å². The third-order valence-electron chi connectivity index (χ3n) is 4.27. The molecule has 1 saturated heterocycles. The van der Waals surface area contributed by atoms with Crippen LogP contribution in [0.5, 0.6) is 0 Å². The maximum absolute atomic E-state index is 3.44. The summed E-state index contributed by atoms with van der Waals surface area (Å²) in [6.45, 7) is 7.39. The van der Waals surface area contributed by atoms with Gasteiger partial charge < -0.3 is 5.32 Å². The van der Waals surface area contributed by atoms with Gasteiger partial charge in [0, 0.05) is 13.1 Å². The van der Waals surface area contributed by atoms with Gasteiger partial charge >= 0.3 is 0 Å². The lowest BCUT2D eigenvalue weighted by atomic mass is 9.75. The molecule has 0 amide bonds. The van der Waals surface area contributed by atoms with Crippen LogP contribution in [0.25, 0.3) is 0 Å². The maximum atomic E-state index is 3.44. The third kappa shape index (κ3) is 1.90. The van der Waals surface area contributed by atoms with Crippen LogP contribution in [0, 0.1) is 17.3 Å². The van der Waals surface area contributed by atoms with Gasteiger partial charge in [0.15, 0.2) is 0 Å². The number of hydrogen-bond acceptors (Lipinski definition) is 1. The monoisotopic (exact) mass is 181 g/mol. The molecular formula is C12H23N. The molecule has 1 nitrogen and oxygen atoms in total. The van der Waals surface area contributed by atoms with E-state index in [2.05, 4.69) is 19.2 Å². The molecule has 1 saturated carbocycles. The lowest BCUT2D eigenvalue weighted by molar-refractivity contribution is 0.138. The summed E-state index contributed by atoms with van der Waals surface area (Å²) in [6.07, 6.45) is 7.43. The molecule has 1 aliphatic carbocycles. The summed E-state index contributed by atoms with van der Waals surface area (Å²) in [5.41, 5.74) is 0.740. The van der Waals surface area contributed by atoms with E-state index in [9.17, 15) is 0 Å². The average molecular weight is 181 g/mol. The van der Waals surface area contributed by atoms with Gasteiger partial charge in [0.25, 0.3) is 0 Å². The molecular weight excluding hydrogens is 158 g/mol. The molecule has 1 heteroatoms. The van der Waals surface area contributed by atoms with E-state index in [0.717, 1.165) is 17.3 Å². The normalized spacial score (nSPS) is 33.0. The minimum Gasteiger partial charge on any atom is -0.316 e. The summed E-state index contributed by atoms with van der Waals surface area (Å²) in [7, 11) is 0. The minimum atomic E-state index is 0.740. The zero-order valence-electron chi connectivity index (χ0n) is 9.10. The minimum absolute atomic E-state index is 0.740. The van der Waals surface area contributed by atoms with Gasteiger partial charge in [-0.05, 0) is 36.5 Å². The molecule has 1 N–H and O–H groups in total. The molecule has 1 unspecified atom stereocenters. The van der Waals surface area contributed by atoms with Crippen molar-refractivity contribution in [2.75, 3.05) is 13.1 Å². The molecule has 0 bridgehead atoms. The van der Waals surface area contributed by atoms with Crippen molar-refractivity contribution < 1.29 is 0 Å². The van der Waals surface area contributed by atoms with Crippen molar-refractivity contribution in [2.45, 2.75) is 46.0 Å². The summed E-state index contributed by atoms with van der Waals surface area (Å²) >= 11 is 0. The molecule has 0 aromatic rings. The van der Waals surface area contributed by atoms with Crippen LogP contribution in [-0.4, -0.2) is 13.1 Å². The van der Waals surface area contributed by atoms with Crippen LogP contribution >= 0.6 is 0 Å². The largest absolute Gasteiger partial charge is 0.316 e. The molecule has 76 valence electrons. The third-order valence-corrected chi connectivity index (χ3v) is 4.27. The van der Waals surface area contributed by atoms with Gasteiger partial charge in [-0.25, -0.2) is 0 Å². The van der Waals surface area contributed by atoms with Crippen molar-refractivity contribution in [1.29, 1.82) is 0 Å². The molecule has 13 heavy (non-hydrogen) atoms. The first-order valence-electron chi connectivity index (χ1n) is 5.93. The highest BCUT2D eigenvalue weighted by atomic mass is 15.0. The topological polar surface area (TPSA) is 12.0 Å². The van der Waals surface area contributed by atoms with Crippen LogP contribution in [0.1, 0.15) is 46.0 Å². The van der Waals surface area contributed by atoms with Crippen molar-refractivity contribution >= 4 is 0 Å². The van der Waals surface area contributed by atoms with Gasteiger partial charge in [0.1, 0.15) is 0 Å². The van der Waals surface area contributed by atoms with Gasteiger partial charge in [-0.15, -0.1) is 0 Å². The van der Waals surface area contributed by atoms with Crippen LogP contribution < -0.4 is 5.32 Å². The second-order valence-corrected chi connectivity index (χ2v) is 5.54. The number of nitrogens with one attached hydrogen (secondary N) is 1. The highest BCUT2D eigenvalue weighted by Gasteiger charge is 2.38. The van der Waals surface area contributed by atoms with Crippen molar-refractivity contribution in [3.05, 3.63) is 0 Å². The maximum Gasteiger partial charge on any atom is 0.00202 e. The first kappa shape index (κ1) is 9.51. The highest BCUT2D eigenvalue weighted by Crippen LogP contribution is 2.41. The van der Waals surface area contributed by atoms with Gasteiger partial charge in [0.05, 0.1) is 0 Å². The Balaban J connectivity index is 1.90. The van der Waals surface area contributed by atoms with E-state index in [4.69, 9.17) is 0 Å². The summed E-state index contributed by atoms with van der Waals surface area (Å²) < 4.78 is 0. The molecule has 0 aromatic carbocycles. The van der Waals surface area contributed by atoms with E-state index in [0.29, 0.717) is 0 Å². The van der Waals surface area contributed by atoms with Crippen molar-refractivity contribution in [1.82, 2.24) is 5.32 Å². The quantitative estimate of drug-likeness (QED) is 0.656. The van der Waals surface area contributed by atoms with Crippen LogP contribution in [0.3, 0.4) is 0 Å². The summed E-state index contributed by atoms with van der Waals surface area (Å²) in [5.74, 6) is 1.92. The molecule has 2 rings (SSSR count). The van der Waals surface area contributed by atoms with E-state index in [1.165, 1.54) is 45.2 Å². The zero-order valence-corrected chi connectivity index (χ0v) is 9.10. The first-order valence-corrected chi connectivity index (χ1v) is 5.93. The van der Waals surface area contributed by atoms with Crippen LogP contribution in [0.4, 0.5) is 0 Å². The van der Waals surface area contributed by atoms with Gasteiger partial charge in [0.2, 0.25) is 0 Å². The predicted molar refractivity (Wildman–Crippen MR) is 56.7 cm³/mol. The Labute approximate surface area is 82.3 Å². The summed E-state index contributed by atoms with van der Waals surface area (Å²) in [5, 5.41) is 3.44.